The second kappa shape index (κ2) is 9.58. The van der Waals surface area contributed by atoms with Gasteiger partial charge in [-0.2, -0.15) is 0 Å². The van der Waals surface area contributed by atoms with E-state index in [0.29, 0.717) is 6.42 Å². The minimum atomic E-state index is -0.515. The highest BCUT2D eigenvalue weighted by atomic mass is 79.9. The lowest BCUT2D eigenvalue weighted by Gasteiger charge is -2.39. The van der Waals surface area contributed by atoms with Crippen molar-refractivity contribution in [3.05, 3.63) is 51.2 Å². The maximum absolute atomic E-state index is 12.7. The number of halogens is 1. The molecule has 1 aromatic rings. The van der Waals surface area contributed by atoms with Gasteiger partial charge in [-0.1, -0.05) is 75.3 Å². The van der Waals surface area contributed by atoms with Crippen LogP contribution >= 0.6 is 15.9 Å². The molecule has 0 saturated heterocycles. The zero-order chi connectivity index (χ0) is 21.7. The first kappa shape index (κ1) is 24.2. The highest BCUT2D eigenvalue weighted by Gasteiger charge is 2.38. The molecule has 0 N–H and O–H groups in total. The first-order valence-corrected chi connectivity index (χ1v) is 10.0. The molecule has 154 valence electrons. The highest BCUT2D eigenvalue weighted by molar-refractivity contribution is 9.10. The Kier molecular flexibility index (Phi) is 8.28. The number of hydrogen-bond acceptors (Lipinski definition) is 4. The summed E-state index contributed by atoms with van der Waals surface area (Å²) in [5.41, 5.74) is 3.91. The van der Waals surface area contributed by atoms with Gasteiger partial charge < -0.3 is 9.47 Å². The van der Waals surface area contributed by atoms with Gasteiger partial charge in [0.25, 0.3) is 0 Å². The number of ether oxygens (including phenoxy) is 2. The zero-order valence-corrected chi connectivity index (χ0v) is 19.7. The fraction of sp³-hybridized carbons (Fsp3) is 0.522. The SMILES string of the molecule is COC(=O)C(=C=C(C)C(=O)OC(C(C)(C)C)C(C)(C)C)Cc1ccc(Br)cc1. The number of benzene rings is 1. The van der Waals surface area contributed by atoms with Crippen LogP contribution in [0.2, 0.25) is 0 Å². The van der Waals surface area contributed by atoms with Gasteiger partial charge in [-0.25, -0.2) is 9.59 Å². The maximum Gasteiger partial charge on any atom is 0.341 e. The number of esters is 2. The van der Waals surface area contributed by atoms with E-state index in [9.17, 15) is 9.59 Å². The molecule has 0 aliphatic carbocycles. The third-order valence-electron chi connectivity index (χ3n) is 4.17. The summed E-state index contributed by atoms with van der Waals surface area (Å²) in [6.45, 7) is 13.8. The molecule has 1 aromatic carbocycles. The fourth-order valence-corrected chi connectivity index (χ4v) is 3.49. The second-order valence-electron chi connectivity index (χ2n) is 9.04. The van der Waals surface area contributed by atoms with Crippen molar-refractivity contribution >= 4 is 27.9 Å². The van der Waals surface area contributed by atoms with Crippen LogP contribution in [0.3, 0.4) is 0 Å². The minimum absolute atomic E-state index is 0.222. The quantitative estimate of drug-likeness (QED) is 0.330. The van der Waals surface area contributed by atoms with Crippen molar-refractivity contribution in [3.63, 3.8) is 0 Å². The summed E-state index contributed by atoms with van der Waals surface area (Å²) in [5, 5.41) is 0. The van der Waals surface area contributed by atoms with Gasteiger partial charge in [0.15, 0.2) is 0 Å². The van der Waals surface area contributed by atoms with E-state index >= 15 is 0 Å². The largest absolute Gasteiger partial charge is 0.465 e. The number of carbonyl (C=O) groups excluding carboxylic acids is 2. The Morgan fingerprint density at radius 3 is 1.93 bits per heavy atom. The molecule has 0 unspecified atom stereocenters. The Morgan fingerprint density at radius 1 is 1.00 bits per heavy atom. The van der Waals surface area contributed by atoms with E-state index in [1.807, 2.05) is 65.8 Å². The molecule has 0 aromatic heterocycles. The summed E-state index contributed by atoms with van der Waals surface area (Å²) < 4.78 is 11.6. The van der Waals surface area contributed by atoms with Crippen LogP contribution in [0.5, 0.6) is 0 Å². The first-order chi connectivity index (χ1) is 12.8. The van der Waals surface area contributed by atoms with Gasteiger partial charge in [0.1, 0.15) is 6.10 Å². The van der Waals surface area contributed by atoms with Crippen LogP contribution < -0.4 is 0 Å². The van der Waals surface area contributed by atoms with Crippen LogP contribution in [0, 0.1) is 10.8 Å². The van der Waals surface area contributed by atoms with Gasteiger partial charge in [-0.05, 0) is 35.4 Å². The third-order valence-corrected chi connectivity index (χ3v) is 4.70. The number of rotatable bonds is 5. The molecule has 0 heterocycles. The molecule has 0 radical (unpaired) electrons. The predicted octanol–water partition coefficient (Wildman–Crippen LogP) is 5.64. The summed E-state index contributed by atoms with van der Waals surface area (Å²) in [6.07, 6.45) is 0.0179. The Morgan fingerprint density at radius 2 is 1.50 bits per heavy atom. The Bertz CT molecular complexity index is 756. The van der Waals surface area contributed by atoms with E-state index in [1.54, 1.807) is 6.92 Å². The average molecular weight is 451 g/mol. The van der Waals surface area contributed by atoms with Crippen LogP contribution in [0.4, 0.5) is 0 Å². The summed E-state index contributed by atoms with van der Waals surface area (Å²) in [4.78, 5) is 24.9. The lowest BCUT2D eigenvalue weighted by Crippen LogP contribution is -2.42. The Hall–Kier alpha value is -1.84. The molecule has 5 heteroatoms. The fourth-order valence-electron chi connectivity index (χ4n) is 3.22. The standard InChI is InChI=1S/C23H31BrO4/c1-15(19(25)28-21(22(2,3)4)23(5,6)7)13-17(20(26)27-8)14-16-9-11-18(24)12-10-16/h9-12,21H,14H2,1-8H3. The maximum atomic E-state index is 12.7. The van der Waals surface area contributed by atoms with Gasteiger partial charge in [0, 0.05) is 10.9 Å². The smallest absolute Gasteiger partial charge is 0.341 e. The molecule has 0 atom stereocenters. The number of hydrogen-bond donors (Lipinski definition) is 0. The van der Waals surface area contributed by atoms with E-state index in [1.165, 1.54) is 7.11 Å². The molecule has 0 aliphatic heterocycles. The molecule has 0 bridgehead atoms. The second-order valence-corrected chi connectivity index (χ2v) is 9.96. The monoisotopic (exact) mass is 450 g/mol. The molecule has 0 saturated carbocycles. The van der Waals surface area contributed by atoms with Crippen molar-refractivity contribution in [1.29, 1.82) is 0 Å². The third kappa shape index (κ3) is 7.29. The normalized spacial score (nSPS) is 11.6. The van der Waals surface area contributed by atoms with Crippen molar-refractivity contribution in [1.82, 2.24) is 0 Å². The highest BCUT2D eigenvalue weighted by Crippen LogP contribution is 2.36. The van der Waals surface area contributed by atoms with Gasteiger partial charge >= 0.3 is 11.9 Å². The van der Waals surface area contributed by atoms with E-state index in [4.69, 9.17) is 9.47 Å². The molecule has 0 spiro atoms. The lowest BCUT2D eigenvalue weighted by atomic mass is 9.74. The van der Waals surface area contributed by atoms with Crippen LogP contribution in [0.1, 0.15) is 54.0 Å². The van der Waals surface area contributed by atoms with Gasteiger partial charge in [0.05, 0.1) is 18.3 Å². The van der Waals surface area contributed by atoms with Crippen LogP contribution in [-0.4, -0.2) is 25.2 Å². The first-order valence-electron chi connectivity index (χ1n) is 9.26. The van der Waals surface area contributed by atoms with Gasteiger partial charge in [-0.15, -0.1) is 0 Å². The molecule has 1 rings (SSSR count). The molecule has 4 nitrogen and oxygen atoms in total. The van der Waals surface area contributed by atoms with Gasteiger partial charge in [-0.3, -0.25) is 0 Å². The van der Waals surface area contributed by atoms with E-state index in [0.717, 1.165) is 10.0 Å². The molecule has 0 amide bonds. The molecule has 28 heavy (non-hydrogen) atoms. The summed E-state index contributed by atoms with van der Waals surface area (Å²) in [5.74, 6) is -0.995. The van der Waals surface area contributed by atoms with Crippen molar-refractivity contribution in [2.24, 2.45) is 10.8 Å². The molecule has 0 aliphatic rings. The molecule has 0 fully saturated rings. The topological polar surface area (TPSA) is 52.6 Å². The molecular weight excluding hydrogens is 420 g/mol. The van der Waals surface area contributed by atoms with Crippen molar-refractivity contribution in [3.8, 4) is 0 Å². The minimum Gasteiger partial charge on any atom is -0.465 e. The van der Waals surface area contributed by atoms with Crippen molar-refractivity contribution in [2.45, 2.75) is 61.0 Å². The average Bonchev–Trinajstić information content (AvgIpc) is 2.57. The van der Waals surface area contributed by atoms with Crippen LogP contribution in [0.15, 0.2) is 45.6 Å². The molecular formula is C23H31BrO4. The van der Waals surface area contributed by atoms with Gasteiger partial charge in [0.2, 0.25) is 0 Å². The van der Waals surface area contributed by atoms with Crippen LogP contribution in [-0.2, 0) is 25.5 Å². The van der Waals surface area contributed by atoms with Crippen LogP contribution in [0.25, 0.3) is 0 Å². The zero-order valence-electron chi connectivity index (χ0n) is 18.1. The van der Waals surface area contributed by atoms with Crippen molar-refractivity contribution < 1.29 is 19.1 Å². The number of methoxy groups -OCH3 is 1. The summed E-state index contributed by atoms with van der Waals surface area (Å²) in [6, 6.07) is 7.59. The van der Waals surface area contributed by atoms with E-state index < -0.39 is 11.9 Å². The lowest BCUT2D eigenvalue weighted by molar-refractivity contribution is -0.158. The summed E-state index contributed by atoms with van der Waals surface area (Å²) >= 11 is 3.39. The van der Waals surface area contributed by atoms with E-state index in [2.05, 4.69) is 21.7 Å². The Balaban J connectivity index is 3.22. The summed E-state index contributed by atoms with van der Waals surface area (Å²) in [7, 11) is 1.31. The Labute approximate surface area is 177 Å². The predicted molar refractivity (Wildman–Crippen MR) is 115 cm³/mol. The van der Waals surface area contributed by atoms with E-state index in [-0.39, 0.29) is 28.1 Å². The van der Waals surface area contributed by atoms with Crippen molar-refractivity contribution in [2.75, 3.05) is 7.11 Å². The number of carbonyl (C=O) groups is 2.